The van der Waals surface area contributed by atoms with Gasteiger partial charge in [-0.25, -0.2) is 8.42 Å². The van der Waals surface area contributed by atoms with Crippen molar-refractivity contribution in [3.05, 3.63) is 48.5 Å². The van der Waals surface area contributed by atoms with E-state index < -0.39 is 10.0 Å². The smallest absolute Gasteiger partial charge is 0.243 e. The van der Waals surface area contributed by atoms with Crippen molar-refractivity contribution in [2.24, 2.45) is 5.92 Å². The van der Waals surface area contributed by atoms with Crippen molar-refractivity contribution in [1.29, 1.82) is 0 Å². The number of anilines is 1. The van der Waals surface area contributed by atoms with Crippen LogP contribution in [-0.4, -0.2) is 81.0 Å². The number of sulfonamides is 1. The number of hydrogen-bond acceptors (Lipinski definition) is 5. The van der Waals surface area contributed by atoms with Crippen LogP contribution >= 0.6 is 0 Å². The van der Waals surface area contributed by atoms with Crippen LogP contribution in [0.2, 0.25) is 0 Å². The first-order chi connectivity index (χ1) is 17.0. The van der Waals surface area contributed by atoms with Gasteiger partial charge in [0.2, 0.25) is 15.9 Å². The number of aromatic nitrogens is 1. The molecule has 4 heterocycles. The molecule has 1 aromatic heterocycles. The number of nitrogens with zero attached hydrogens (tertiary/aromatic N) is 3. The molecule has 1 N–H and O–H groups in total. The molecule has 0 radical (unpaired) electrons. The summed E-state index contributed by atoms with van der Waals surface area (Å²) in [5.41, 5.74) is 3.88. The average Bonchev–Trinajstić information content (AvgIpc) is 3.53. The van der Waals surface area contributed by atoms with Gasteiger partial charge in [0.15, 0.2) is 0 Å². The van der Waals surface area contributed by atoms with E-state index >= 15 is 0 Å². The molecule has 3 fully saturated rings. The second kappa shape index (κ2) is 8.96. The quantitative estimate of drug-likeness (QED) is 0.590. The molecule has 0 bridgehead atoms. The Kier molecular flexibility index (Phi) is 5.78. The zero-order chi connectivity index (χ0) is 24.0. The molecular formula is C26H30N4O4S. The van der Waals surface area contributed by atoms with Crippen LogP contribution in [-0.2, 0) is 19.6 Å². The molecular weight excluding hydrogens is 464 g/mol. The standard InChI is InChI=1S/C26H30N4O4S/c31-26(29-11-13-34-14-12-29)20-17-30(18-20)35(32,33)21-7-8-25(28-9-3-4-10-28)22(16-21)24-15-19-5-1-2-6-23(19)27-24/h1-2,5-8,15-16,20,27H,3-4,9-14,17-18H2. The highest BCUT2D eigenvalue weighted by Gasteiger charge is 2.42. The van der Waals surface area contributed by atoms with Crippen LogP contribution < -0.4 is 4.90 Å². The molecule has 3 aromatic rings. The summed E-state index contributed by atoms with van der Waals surface area (Å²) < 4.78 is 33.8. The molecule has 3 aliphatic heterocycles. The van der Waals surface area contributed by atoms with E-state index in [2.05, 4.69) is 22.0 Å². The van der Waals surface area contributed by atoms with Gasteiger partial charge in [-0.2, -0.15) is 4.31 Å². The Morgan fingerprint density at radius 3 is 2.43 bits per heavy atom. The van der Waals surface area contributed by atoms with E-state index in [1.54, 1.807) is 17.0 Å². The minimum atomic E-state index is -3.69. The minimum Gasteiger partial charge on any atom is -0.378 e. The molecule has 0 saturated carbocycles. The number of aromatic amines is 1. The fourth-order valence-electron chi connectivity index (χ4n) is 5.33. The number of para-hydroxylation sites is 1. The monoisotopic (exact) mass is 494 g/mol. The van der Waals surface area contributed by atoms with E-state index in [1.807, 2.05) is 24.3 Å². The van der Waals surface area contributed by atoms with Gasteiger partial charge in [-0.1, -0.05) is 18.2 Å². The van der Waals surface area contributed by atoms with Gasteiger partial charge in [0.1, 0.15) is 0 Å². The van der Waals surface area contributed by atoms with E-state index in [0.29, 0.717) is 26.3 Å². The first kappa shape index (κ1) is 22.6. The number of H-pyrrole nitrogens is 1. The van der Waals surface area contributed by atoms with E-state index in [0.717, 1.165) is 53.8 Å². The SMILES string of the molecule is O=C(C1CN(S(=O)(=O)c2ccc(N3CCCC3)c(-c3cc4ccccc4[nH]3)c2)C1)N1CCOCC1. The van der Waals surface area contributed by atoms with Crippen molar-refractivity contribution >= 4 is 32.5 Å². The van der Waals surface area contributed by atoms with Gasteiger partial charge in [0.05, 0.1) is 24.0 Å². The lowest BCUT2D eigenvalue weighted by Gasteiger charge is -2.40. The Bertz CT molecular complexity index is 1320. The fourth-order valence-corrected chi connectivity index (χ4v) is 6.88. The zero-order valence-corrected chi connectivity index (χ0v) is 20.5. The van der Waals surface area contributed by atoms with Crippen LogP contribution in [0, 0.1) is 5.92 Å². The van der Waals surface area contributed by atoms with Crippen LogP contribution in [0.4, 0.5) is 5.69 Å². The second-order valence-electron chi connectivity index (χ2n) is 9.60. The van der Waals surface area contributed by atoms with Gasteiger partial charge in [-0.05, 0) is 43.2 Å². The number of nitrogens with one attached hydrogen (secondary N) is 1. The first-order valence-electron chi connectivity index (χ1n) is 12.3. The van der Waals surface area contributed by atoms with Crippen LogP contribution in [0.15, 0.2) is 53.4 Å². The Balaban J connectivity index is 1.29. The molecule has 0 aliphatic carbocycles. The van der Waals surface area contributed by atoms with Gasteiger partial charge >= 0.3 is 0 Å². The molecule has 3 aliphatic rings. The molecule has 1 amide bonds. The van der Waals surface area contributed by atoms with Crippen molar-refractivity contribution < 1.29 is 17.9 Å². The third kappa shape index (κ3) is 4.11. The summed E-state index contributed by atoms with van der Waals surface area (Å²) in [4.78, 5) is 20.6. The number of fused-ring (bicyclic) bond motifs is 1. The maximum Gasteiger partial charge on any atom is 0.243 e. The first-order valence-corrected chi connectivity index (χ1v) is 13.8. The molecule has 8 nitrogen and oxygen atoms in total. The van der Waals surface area contributed by atoms with Gasteiger partial charge < -0.3 is 19.5 Å². The number of amides is 1. The van der Waals surface area contributed by atoms with Gasteiger partial charge in [-0.3, -0.25) is 4.79 Å². The lowest BCUT2D eigenvalue weighted by atomic mass is 10.0. The summed E-state index contributed by atoms with van der Waals surface area (Å²) in [5.74, 6) is -0.247. The van der Waals surface area contributed by atoms with Crippen LogP contribution in [0.3, 0.4) is 0 Å². The Labute approximate surface area is 205 Å². The molecule has 0 unspecified atom stereocenters. The normalized spacial score (nSPS) is 19.9. The lowest BCUT2D eigenvalue weighted by Crippen LogP contribution is -2.57. The summed E-state index contributed by atoms with van der Waals surface area (Å²) >= 11 is 0. The topological polar surface area (TPSA) is 86.0 Å². The van der Waals surface area contributed by atoms with Crippen molar-refractivity contribution in [3.63, 3.8) is 0 Å². The van der Waals surface area contributed by atoms with E-state index in [4.69, 9.17) is 4.74 Å². The van der Waals surface area contributed by atoms with Gasteiger partial charge in [0, 0.05) is 67.1 Å². The summed E-state index contributed by atoms with van der Waals surface area (Å²) in [5, 5.41) is 1.09. The average molecular weight is 495 g/mol. The maximum absolute atomic E-state index is 13.5. The van der Waals surface area contributed by atoms with E-state index in [-0.39, 0.29) is 29.8 Å². The van der Waals surface area contributed by atoms with E-state index in [9.17, 15) is 13.2 Å². The summed E-state index contributed by atoms with van der Waals surface area (Å²) in [7, 11) is -3.69. The highest BCUT2D eigenvalue weighted by atomic mass is 32.2. The molecule has 184 valence electrons. The highest BCUT2D eigenvalue weighted by Crippen LogP contribution is 2.37. The summed E-state index contributed by atoms with van der Waals surface area (Å²) in [6.07, 6.45) is 2.27. The Morgan fingerprint density at radius 2 is 1.69 bits per heavy atom. The number of carbonyl (C=O) groups is 1. The summed E-state index contributed by atoms with van der Waals surface area (Å²) in [6, 6.07) is 15.6. The number of rotatable bonds is 5. The highest BCUT2D eigenvalue weighted by molar-refractivity contribution is 7.89. The fraction of sp³-hybridized carbons (Fsp3) is 0.423. The number of carbonyl (C=O) groups excluding carboxylic acids is 1. The lowest BCUT2D eigenvalue weighted by molar-refractivity contribution is -0.143. The van der Waals surface area contributed by atoms with Gasteiger partial charge in [0.25, 0.3) is 0 Å². The molecule has 2 aromatic carbocycles. The maximum atomic E-state index is 13.5. The predicted molar refractivity (Wildman–Crippen MR) is 135 cm³/mol. The van der Waals surface area contributed by atoms with E-state index in [1.165, 1.54) is 4.31 Å². The second-order valence-corrected chi connectivity index (χ2v) is 11.5. The van der Waals surface area contributed by atoms with Crippen molar-refractivity contribution in [2.75, 3.05) is 57.4 Å². The predicted octanol–water partition coefficient (Wildman–Crippen LogP) is 2.91. The zero-order valence-electron chi connectivity index (χ0n) is 19.7. The Hall–Kier alpha value is -2.88. The summed E-state index contributed by atoms with van der Waals surface area (Å²) in [6.45, 7) is 4.64. The van der Waals surface area contributed by atoms with Crippen molar-refractivity contribution in [2.45, 2.75) is 17.7 Å². The Morgan fingerprint density at radius 1 is 0.943 bits per heavy atom. The molecule has 6 rings (SSSR count). The third-order valence-electron chi connectivity index (χ3n) is 7.39. The number of morpholine rings is 1. The van der Waals surface area contributed by atoms with Gasteiger partial charge in [-0.15, -0.1) is 0 Å². The molecule has 9 heteroatoms. The molecule has 0 atom stereocenters. The van der Waals surface area contributed by atoms with Crippen molar-refractivity contribution in [3.8, 4) is 11.3 Å². The number of hydrogen-bond donors (Lipinski definition) is 1. The van der Waals surface area contributed by atoms with Crippen molar-refractivity contribution in [1.82, 2.24) is 14.2 Å². The molecule has 3 saturated heterocycles. The molecule has 35 heavy (non-hydrogen) atoms. The van der Waals surface area contributed by atoms with Crippen LogP contribution in [0.25, 0.3) is 22.2 Å². The minimum absolute atomic E-state index is 0.0305. The third-order valence-corrected chi connectivity index (χ3v) is 9.22. The van der Waals surface area contributed by atoms with Crippen LogP contribution in [0.1, 0.15) is 12.8 Å². The number of benzene rings is 2. The largest absolute Gasteiger partial charge is 0.378 e. The molecule has 0 spiro atoms. The number of ether oxygens (including phenoxy) is 1. The van der Waals surface area contributed by atoms with Crippen LogP contribution in [0.5, 0.6) is 0 Å².